The lowest BCUT2D eigenvalue weighted by molar-refractivity contribution is -0.385. The van der Waals surface area contributed by atoms with E-state index in [1.807, 2.05) is 31.2 Å². The molecular formula is C19H20N2O5. The number of nitro groups is 1. The zero-order valence-corrected chi connectivity index (χ0v) is 14.7. The molecule has 0 fully saturated rings. The van der Waals surface area contributed by atoms with Crippen LogP contribution in [0.1, 0.15) is 22.8 Å². The zero-order chi connectivity index (χ0) is 18.7. The number of fused-ring (bicyclic) bond motifs is 1. The average Bonchev–Trinajstić information content (AvgIpc) is 2.65. The fourth-order valence-electron chi connectivity index (χ4n) is 3.00. The van der Waals surface area contributed by atoms with Crippen LogP contribution in [0, 0.1) is 17.0 Å². The first-order valence-electron chi connectivity index (χ1n) is 8.43. The quantitative estimate of drug-likeness (QED) is 0.607. The van der Waals surface area contributed by atoms with Crippen LogP contribution in [0.25, 0.3) is 0 Å². The van der Waals surface area contributed by atoms with Gasteiger partial charge in [0.25, 0.3) is 11.6 Å². The molecule has 0 saturated heterocycles. The third-order valence-corrected chi connectivity index (χ3v) is 4.31. The molecule has 2 aromatic rings. The van der Waals surface area contributed by atoms with Gasteiger partial charge < -0.3 is 14.4 Å². The van der Waals surface area contributed by atoms with Crippen molar-refractivity contribution < 1.29 is 19.2 Å². The Bertz CT molecular complexity index is 836. The van der Waals surface area contributed by atoms with Gasteiger partial charge in [0.05, 0.1) is 11.5 Å². The zero-order valence-electron chi connectivity index (χ0n) is 14.7. The van der Waals surface area contributed by atoms with E-state index in [0.29, 0.717) is 30.2 Å². The number of benzene rings is 2. The Morgan fingerprint density at radius 3 is 2.65 bits per heavy atom. The van der Waals surface area contributed by atoms with Crippen LogP contribution >= 0.6 is 0 Å². The highest BCUT2D eigenvalue weighted by atomic mass is 16.6. The summed E-state index contributed by atoms with van der Waals surface area (Å²) in [5.41, 5.74) is 0.402. The van der Waals surface area contributed by atoms with Gasteiger partial charge in [-0.15, -0.1) is 0 Å². The first kappa shape index (κ1) is 17.7. The van der Waals surface area contributed by atoms with Gasteiger partial charge in [-0.2, -0.15) is 0 Å². The molecule has 0 aliphatic carbocycles. The molecule has 1 heterocycles. The van der Waals surface area contributed by atoms with Crippen LogP contribution in [0.2, 0.25) is 0 Å². The normalized spacial score (nSPS) is 15.4. The number of para-hydroxylation sites is 3. The minimum atomic E-state index is -0.507. The summed E-state index contributed by atoms with van der Waals surface area (Å²) >= 11 is 0. The molecule has 0 bridgehead atoms. The first-order chi connectivity index (χ1) is 12.5. The maximum atomic E-state index is 12.9. The molecule has 0 radical (unpaired) electrons. The summed E-state index contributed by atoms with van der Waals surface area (Å²) in [7, 11) is 0. The highest BCUT2D eigenvalue weighted by molar-refractivity contribution is 5.98. The van der Waals surface area contributed by atoms with E-state index in [-0.39, 0.29) is 29.8 Å². The number of hydrogen-bond acceptors (Lipinski definition) is 5. The van der Waals surface area contributed by atoms with Crippen molar-refractivity contribution in [3.05, 3.63) is 63.7 Å². The summed E-state index contributed by atoms with van der Waals surface area (Å²) in [5, 5.41) is 11.4. The van der Waals surface area contributed by atoms with Crippen LogP contribution in [0.3, 0.4) is 0 Å². The highest BCUT2D eigenvalue weighted by Gasteiger charge is 2.29. The minimum Gasteiger partial charge on any atom is -0.486 e. The summed E-state index contributed by atoms with van der Waals surface area (Å²) in [6.45, 7) is 4.47. The number of ether oxygens (including phenoxy) is 2. The maximum Gasteiger partial charge on any atom is 0.285 e. The summed E-state index contributed by atoms with van der Waals surface area (Å²) in [6.07, 6.45) is -0.335. The Hall–Kier alpha value is -3.09. The van der Waals surface area contributed by atoms with Gasteiger partial charge in [-0.1, -0.05) is 24.3 Å². The molecule has 3 rings (SSSR count). The molecule has 0 saturated carbocycles. The van der Waals surface area contributed by atoms with Crippen molar-refractivity contribution in [2.45, 2.75) is 20.0 Å². The molecule has 1 aliphatic heterocycles. The predicted molar refractivity (Wildman–Crippen MR) is 95.8 cm³/mol. The lowest BCUT2D eigenvalue weighted by Crippen LogP contribution is -2.43. The number of nitrogens with zero attached hydrogens (tertiary/aromatic N) is 2. The van der Waals surface area contributed by atoms with Crippen LogP contribution in [0.4, 0.5) is 5.69 Å². The Labute approximate surface area is 151 Å². The molecule has 0 N–H and O–H groups in total. The monoisotopic (exact) mass is 356 g/mol. The summed E-state index contributed by atoms with van der Waals surface area (Å²) in [4.78, 5) is 25.3. The standard InChI is InChI=1S/C19H20N2O5/c1-3-20(11-14-12-25-16-9-4-5-10-17(16)26-14)19(22)15-8-6-7-13(2)18(15)21(23)24/h4-10,14H,3,11-12H2,1-2H3. The number of nitro benzene ring substituents is 1. The molecule has 7 nitrogen and oxygen atoms in total. The number of hydrogen-bond donors (Lipinski definition) is 0. The molecule has 136 valence electrons. The van der Waals surface area contributed by atoms with Gasteiger partial charge in [0.2, 0.25) is 0 Å². The molecule has 26 heavy (non-hydrogen) atoms. The lowest BCUT2D eigenvalue weighted by Gasteiger charge is -2.31. The molecule has 1 atom stereocenters. The first-order valence-corrected chi connectivity index (χ1v) is 8.43. The number of carbonyl (C=O) groups excluding carboxylic acids is 1. The van der Waals surface area contributed by atoms with Crippen molar-refractivity contribution in [3.8, 4) is 11.5 Å². The summed E-state index contributed by atoms with van der Waals surface area (Å²) in [5.74, 6) is 0.923. The lowest BCUT2D eigenvalue weighted by atomic mass is 10.1. The second-order valence-corrected chi connectivity index (χ2v) is 6.07. The fourth-order valence-corrected chi connectivity index (χ4v) is 3.00. The van der Waals surface area contributed by atoms with Crippen LogP contribution in [-0.2, 0) is 0 Å². The Balaban J connectivity index is 1.79. The van der Waals surface area contributed by atoms with Gasteiger partial charge in [0.15, 0.2) is 17.6 Å². The number of amides is 1. The smallest absolute Gasteiger partial charge is 0.285 e. The molecule has 1 unspecified atom stereocenters. The number of likely N-dealkylation sites (N-methyl/N-ethyl adjacent to an activating group) is 1. The second-order valence-electron chi connectivity index (χ2n) is 6.07. The van der Waals surface area contributed by atoms with Crippen molar-refractivity contribution in [3.63, 3.8) is 0 Å². The maximum absolute atomic E-state index is 12.9. The molecule has 0 aromatic heterocycles. The van der Waals surface area contributed by atoms with E-state index in [9.17, 15) is 14.9 Å². The van der Waals surface area contributed by atoms with E-state index in [1.54, 1.807) is 24.0 Å². The van der Waals surface area contributed by atoms with E-state index in [1.165, 1.54) is 6.07 Å². The van der Waals surface area contributed by atoms with Crippen molar-refractivity contribution >= 4 is 11.6 Å². The number of aryl methyl sites for hydroxylation is 1. The molecule has 1 amide bonds. The van der Waals surface area contributed by atoms with Gasteiger partial charge >= 0.3 is 0 Å². The summed E-state index contributed by atoms with van der Waals surface area (Å²) < 4.78 is 11.6. The van der Waals surface area contributed by atoms with Gasteiger partial charge in [-0.3, -0.25) is 14.9 Å². The predicted octanol–water partition coefficient (Wildman–Crippen LogP) is 3.21. The van der Waals surface area contributed by atoms with Gasteiger partial charge in [0, 0.05) is 12.1 Å². The van der Waals surface area contributed by atoms with E-state index >= 15 is 0 Å². The van der Waals surface area contributed by atoms with Crippen LogP contribution in [0.5, 0.6) is 11.5 Å². The third kappa shape index (κ3) is 3.46. The molecule has 7 heteroatoms. The molecule has 1 aliphatic rings. The van der Waals surface area contributed by atoms with Crippen molar-refractivity contribution in [1.82, 2.24) is 4.90 Å². The number of carbonyl (C=O) groups is 1. The van der Waals surface area contributed by atoms with E-state index in [4.69, 9.17) is 9.47 Å². The Morgan fingerprint density at radius 2 is 1.96 bits per heavy atom. The number of rotatable bonds is 5. The van der Waals surface area contributed by atoms with Gasteiger partial charge in [-0.05, 0) is 32.0 Å². The largest absolute Gasteiger partial charge is 0.486 e. The second kappa shape index (κ2) is 7.43. The van der Waals surface area contributed by atoms with Crippen LogP contribution in [0.15, 0.2) is 42.5 Å². The van der Waals surface area contributed by atoms with Crippen LogP contribution in [-0.4, -0.2) is 41.5 Å². The van der Waals surface area contributed by atoms with Crippen LogP contribution < -0.4 is 9.47 Å². The topological polar surface area (TPSA) is 81.9 Å². The Kier molecular flexibility index (Phi) is 5.06. The minimum absolute atomic E-state index is 0.0916. The highest BCUT2D eigenvalue weighted by Crippen LogP contribution is 2.31. The SMILES string of the molecule is CCN(CC1COc2ccccc2O1)C(=O)c1cccc(C)c1[N+](=O)[O-]. The van der Waals surface area contributed by atoms with Crippen molar-refractivity contribution in [2.24, 2.45) is 0 Å². The molecular weight excluding hydrogens is 336 g/mol. The molecule has 0 spiro atoms. The van der Waals surface area contributed by atoms with E-state index < -0.39 is 4.92 Å². The van der Waals surface area contributed by atoms with Crippen molar-refractivity contribution in [1.29, 1.82) is 0 Å². The third-order valence-electron chi connectivity index (χ3n) is 4.31. The fraction of sp³-hybridized carbons (Fsp3) is 0.316. The van der Waals surface area contributed by atoms with E-state index in [2.05, 4.69) is 0 Å². The Morgan fingerprint density at radius 1 is 1.23 bits per heavy atom. The van der Waals surface area contributed by atoms with E-state index in [0.717, 1.165) is 0 Å². The summed E-state index contributed by atoms with van der Waals surface area (Å²) in [6, 6.07) is 12.1. The average molecular weight is 356 g/mol. The molecule has 2 aromatic carbocycles. The van der Waals surface area contributed by atoms with Crippen molar-refractivity contribution in [2.75, 3.05) is 19.7 Å². The van der Waals surface area contributed by atoms with Gasteiger partial charge in [-0.25, -0.2) is 0 Å². The van der Waals surface area contributed by atoms with Gasteiger partial charge in [0.1, 0.15) is 12.2 Å².